The molecule has 2 aromatic rings. The Morgan fingerprint density at radius 2 is 1.92 bits per heavy atom. The zero-order valence-corrected chi connectivity index (χ0v) is 13.8. The molecule has 0 unspecified atom stereocenters. The fourth-order valence-electron chi connectivity index (χ4n) is 2.57. The van der Waals surface area contributed by atoms with Gasteiger partial charge in [-0.2, -0.15) is 0 Å². The first kappa shape index (κ1) is 16.5. The number of nitrogens with one attached hydrogen (secondary N) is 1. The molecular formula is C18H17FN2O2S. The van der Waals surface area contributed by atoms with Crippen molar-refractivity contribution >= 4 is 35.0 Å². The van der Waals surface area contributed by atoms with Crippen molar-refractivity contribution < 1.29 is 14.0 Å². The van der Waals surface area contributed by atoms with E-state index < -0.39 is 5.82 Å². The van der Waals surface area contributed by atoms with E-state index in [1.54, 1.807) is 17.0 Å². The van der Waals surface area contributed by atoms with Crippen molar-refractivity contribution in [1.29, 1.82) is 0 Å². The molecule has 0 spiro atoms. The normalized spacial score (nSPS) is 13.5. The minimum atomic E-state index is -0.456. The van der Waals surface area contributed by atoms with Gasteiger partial charge in [0.1, 0.15) is 5.82 Å². The highest BCUT2D eigenvalue weighted by molar-refractivity contribution is 8.00. The number of amides is 2. The first-order valence-electron chi connectivity index (χ1n) is 7.72. The fourth-order valence-corrected chi connectivity index (χ4v) is 3.51. The zero-order chi connectivity index (χ0) is 16.9. The number of hydrogen-bond donors (Lipinski definition) is 1. The Morgan fingerprint density at radius 3 is 2.75 bits per heavy atom. The lowest BCUT2D eigenvalue weighted by Crippen LogP contribution is -2.36. The van der Waals surface area contributed by atoms with Crippen LogP contribution in [-0.4, -0.2) is 24.1 Å². The van der Waals surface area contributed by atoms with Crippen LogP contribution in [0.1, 0.15) is 12.8 Å². The van der Waals surface area contributed by atoms with Gasteiger partial charge in [0.05, 0.1) is 17.1 Å². The van der Waals surface area contributed by atoms with Gasteiger partial charge in [0, 0.05) is 17.9 Å². The SMILES string of the molecule is O=C(CCCN1C(=O)CSc2ccccc21)Nc1ccccc1F. The third kappa shape index (κ3) is 3.76. The van der Waals surface area contributed by atoms with Gasteiger partial charge in [-0.3, -0.25) is 9.59 Å². The maximum absolute atomic E-state index is 13.5. The number of halogens is 1. The molecule has 24 heavy (non-hydrogen) atoms. The predicted molar refractivity (Wildman–Crippen MR) is 93.8 cm³/mol. The molecule has 6 heteroatoms. The number of carbonyl (C=O) groups excluding carboxylic acids is 2. The van der Waals surface area contributed by atoms with Gasteiger partial charge >= 0.3 is 0 Å². The molecule has 0 bridgehead atoms. The first-order chi connectivity index (χ1) is 11.6. The molecule has 0 radical (unpaired) electrons. The second-order valence-corrected chi connectivity index (χ2v) is 6.45. The van der Waals surface area contributed by atoms with E-state index >= 15 is 0 Å². The Kier molecular flexibility index (Phi) is 5.15. The van der Waals surface area contributed by atoms with E-state index in [2.05, 4.69) is 5.32 Å². The van der Waals surface area contributed by atoms with Crippen LogP contribution in [0.2, 0.25) is 0 Å². The molecule has 0 aliphatic carbocycles. The summed E-state index contributed by atoms with van der Waals surface area (Å²) in [6, 6.07) is 13.8. The number of para-hydroxylation sites is 2. The number of nitrogens with zero attached hydrogens (tertiary/aromatic N) is 1. The molecule has 0 aromatic heterocycles. The molecule has 2 aromatic carbocycles. The van der Waals surface area contributed by atoms with Gasteiger partial charge in [0.2, 0.25) is 11.8 Å². The zero-order valence-electron chi connectivity index (χ0n) is 13.0. The Morgan fingerprint density at radius 1 is 1.17 bits per heavy atom. The number of fused-ring (bicyclic) bond motifs is 1. The van der Waals surface area contributed by atoms with Gasteiger partial charge < -0.3 is 10.2 Å². The van der Waals surface area contributed by atoms with E-state index in [0.29, 0.717) is 18.7 Å². The van der Waals surface area contributed by atoms with E-state index in [1.807, 2.05) is 24.3 Å². The molecule has 3 rings (SSSR count). The average Bonchev–Trinajstić information content (AvgIpc) is 2.59. The van der Waals surface area contributed by atoms with Gasteiger partial charge in [-0.25, -0.2) is 4.39 Å². The van der Waals surface area contributed by atoms with Crippen molar-refractivity contribution in [2.75, 3.05) is 22.5 Å². The Hall–Kier alpha value is -2.34. The molecule has 1 aliphatic heterocycles. The van der Waals surface area contributed by atoms with E-state index in [9.17, 15) is 14.0 Å². The summed E-state index contributed by atoms with van der Waals surface area (Å²) in [4.78, 5) is 26.9. The summed E-state index contributed by atoms with van der Waals surface area (Å²) < 4.78 is 13.5. The van der Waals surface area contributed by atoms with Crippen LogP contribution in [0.4, 0.5) is 15.8 Å². The number of benzene rings is 2. The van der Waals surface area contributed by atoms with Crippen LogP contribution in [0.15, 0.2) is 53.4 Å². The topological polar surface area (TPSA) is 49.4 Å². The van der Waals surface area contributed by atoms with E-state index in [1.165, 1.54) is 23.9 Å². The van der Waals surface area contributed by atoms with E-state index in [0.717, 1.165) is 10.6 Å². The fraction of sp³-hybridized carbons (Fsp3) is 0.222. The van der Waals surface area contributed by atoms with Crippen molar-refractivity contribution in [1.82, 2.24) is 0 Å². The summed E-state index contributed by atoms with van der Waals surface area (Å²) in [6.45, 7) is 0.473. The Balaban J connectivity index is 1.56. The van der Waals surface area contributed by atoms with Crippen LogP contribution < -0.4 is 10.2 Å². The quantitative estimate of drug-likeness (QED) is 0.900. The Labute approximate surface area is 144 Å². The summed E-state index contributed by atoms with van der Waals surface area (Å²) in [5, 5.41) is 2.56. The molecule has 1 heterocycles. The minimum absolute atomic E-state index is 0.0493. The van der Waals surface area contributed by atoms with Crippen LogP contribution in [0.25, 0.3) is 0 Å². The molecule has 124 valence electrons. The highest BCUT2D eigenvalue weighted by atomic mass is 32.2. The molecule has 0 fully saturated rings. The molecule has 1 N–H and O–H groups in total. The minimum Gasteiger partial charge on any atom is -0.324 e. The van der Waals surface area contributed by atoms with Crippen molar-refractivity contribution in [2.24, 2.45) is 0 Å². The maximum atomic E-state index is 13.5. The first-order valence-corrected chi connectivity index (χ1v) is 8.70. The second-order valence-electron chi connectivity index (χ2n) is 5.43. The average molecular weight is 344 g/mol. The highest BCUT2D eigenvalue weighted by Gasteiger charge is 2.23. The summed E-state index contributed by atoms with van der Waals surface area (Å²) in [6.07, 6.45) is 0.748. The van der Waals surface area contributed by atoms with Crippen molar-refractivity contribution in [2.45, 2.75) is 17.7 Å². The van der Waals surface area contributed by atoms with Crippen molar-refractivity contribution in [3.63, 3.8) is 0 Å². The largest absolute Gasteiger partial charge is 0.324 e. The third-order valence-corrected chi connectivity index (χ3v) is 4.79. The summed E-state index contributed by atoms with van der Waals surface area (Å²) in [5.41, 5.74) is 1.08. The molecule has 1 aliphatic rings. The summed E-state index contributed by atoms with van der Waals surface area (Å²) in [5.74, 6) is -0.248. The van der Waals surface area contributed by atoms with Crippen LogP contribution >= 0.6 is 11.8 Å². The van der Waals surface area contributed by atoms with Gasteiger partial charge in [-0.05, 0) is 30.7 Å². The monoisotopic (exact) mass is 344 g/mol. The lowest BCUT2D eigenvalue weighted by molar-refractivity contribution is -0.117. The number of hydrogen-bond acceptors (Lipinski definition) is 3. The predicted octanol–water partition coefficient (Wildman–Crippen LogP) is 3.68. The lowest BCUT2D eigenvalue weighted by Gasteiger charge is -2.28. The maximum Gasteiger partial charge on any atom is 0.237 e. The van der Waals surface area contributed by atoms with Crippen molar-refractivity contribution in [3.8, 4) is 0 Å². The van der Waals surface area contributed by atoms with Crippen LogP contribution in [-0.2, 0) is 9.59 Å². The third-order valence-electron chi connectivity index (χ3n) is 3.74. The molecular weight excluding hydrogens is 327 g/mol. The Bertz CT molecular complexity index is 766. The van der Waals surface area contributed by atoms with E-state index in [-0.39, 0.29) is 23.9 Å². The van der Waals surface area contributed by atoms with Crippen molar-refractivity contribution in [3.05, 3.63) is 54.3 Å². The van der Waals surface area contributed by atoms with E-state index in [4.69, 9.17) is 0 Å². The molecule has 4 nitrogen and oxygen atoms in total. The molecule has 0 saturated heterocycles. The summed E-state index contributed by atoms with van der Waals surface area (Å²) in [7, 11) is 0. The highest BCUT2D eigenvalue weighted by Crippen LogP contribution is 2.34. The smallest absolute Gasteiger partial charge is 0.237 e. The number of thioether (sulfide) groups is 1. The lowest BCUT2D eigenvalue weighted by atomic mass is 10.2. The van der Waals surface area contributed by atoms with Gasteiger partial charge in [0.15, 0.2) is 0 Å². The van der Waals surface area contributed by atoms with Gasteiger partial charge in [-0.15, -0.1) is 11.8 Å². The second kappa shape index (κ2) is 7.49. The molecule has 0 atom stereocenters. The van der Waals surface area contributed by atoms with Gasteiger partial charge in [-0.1, -0.05) is 24.3 Å². The van der Waals surface area contributed by atoms with Gasteiger partial charge in [0.25, 0.3) is 0 Å². The van der Waals surface area contributed by atoms with Crippen LogP contribution in [0.5, 0.6) is 0 Å². The number of carbonyl (C=O) groups is 2. The number of anilines is 2. The number of rotatable bonds is 5. The van der Waals surface area contributed by atoms with Crippen LogP contribution in [0.3, 0.4) is 0 Å². The van der Waals surface area contributed by atoms with Crippen LogP contribution in [0, 0.1) is 5.82 Å². The molecule has 0 saturated carbocycles. The molecule has 2 amide bonds. The standard InChI is InChI=1S/C18H17FN2O2S/c19-13-6-1-2-7-14(13)20-17(22)10-5-11-21-15-8-3-4-9-16(15)24-12-18(21)23/h1-4,6-9H,5,10-12H2,(H,20,22). The summed E-state index contributed by atoms with van der Waals surface area (Å²) >= 11 is 1.53.